The Morgan fingerprint density at radius 2 is 2.25 bits per heavy atom. The van der Waals surface area contributed by atoms with E-state index in [0.717, 1.165) is 32.2 Å². The van der Waals surface area contributed by atoms with Gasteiger partial charge in [-0.1, -0.05) is 25.1 Å². The third-order valence-corrected chi connectivity index (χ3v) is 3.68. The van der Waals surface area contributed by atoms with E-state index >= 15 is 0 Å². The average Bonchev–Trinajstić information content (AvgIpc) is 2.65. The zero-order valence-corrected chi connectivity index (χ0v) is 10.2. The highest BCUT2D eigenvalue weighted by molar-refractivity contribution is 5.40. The summed E-state index contributed by atoms with van der Waals surface area (Å²) >= 11 is 0. The number of rotatable bonds is 4. The van der Waals surface area contributed by atoms with Crippen molar-refractivity contribution in [1.82, 2.24) is 5.32 Å². The lowest BCUT2D eigenvalue weighted by Crippen LogP contribution is -2.27. The Bertz CT molecular complexity index is 375. The summed E-state index contributed by atoms with van der Waals surface area (Å²) in [5, 5.41) is 13.8. The molecule has 0 radical (unpaired) electrons. The van der Waals surface area contributed by atoms with Crippen LogP contribution in [0.15, 0.2) is 18.2 Å². The molecule has 0 spiro atoms. The highest BCUT2D eigenvalue weighted by Gasteiger charge is 2.35. The van der Waals surface area contributed by atoms with Crippen molar-refractivity contribution in [2.45, 2.75) is 38.2 Å². The minimum atomic E-state index is -0.594. The van der Waals surface area contributed by atoms with Crippen LogP contribution in [0.5, 0.6) is 0 Å². The minimum Gasteiger partial charge on any atom is -0.385 e. The second-order valence-corrected chi connectivity index (χ2v) is 4.73. The smallest absolute Gasteiger partial charge is 0.0914 e. The van der Waals surface area contributed by atoms with E-state index in [1.165, 1.54) is 16.7 Å². The average molecular weight is 219 g/mol. The number of fused-ring (bicyclic) bond motifs is 1. The van der Waals surface area contributed by atoms with Gasteiger partial charge in [-0.25, -0.2) is 0 Å². The van der Waals surface area contributed by atoms with Crippen molar-refractivity contribution in [3.63, 3.8) is 0 Å². The van der Waals surface area contributed by atoms with Crippen LogP contribution in [0.25, 0.3) is 0 Å². The largest absolute Gasteiger partial charge is 0.385 e. The summed E-state index contributed by atoms with van der Waals surface area (Å²) < 4.78 is 0. The van der Waals surface area contributed by atoms with Gasteiger partial charge in [0, 0.05) is 0 Å². The van der Waals surface area contributed by atoms with Crippen molar-refractivity contribution in [3.8, 4) is 0 Å². The van der Waals surface area contributed by atoms with Gasteiger partial charge in [-0.15, -0.1) is 0 Å². The molecule has 0 bridgehead atoms. The lowest BCUT2D eigenvalue weighted by Gasteiger charge is -2.24. The van der Waals surface area contributed by atoms with E-state index in [0.29, 0.717) is 0 Å². The van der Waals surface area contributed by atoms with E-state index in [1.807, 2.05) is 7.05 Å². The van der Waals surface area contributed by atoms with Gasteiger partial charge in [-0.05, 0) is 56.0 Å². The van der Waals surface area contributed by atoms with Gasteiger partial charge in [0.15, 0.2) is 0 Å². The van der Waals surface area contributed by atoms with Gasteiger partial charge >= 0.3 is 0 Å². The lowest BCUT2D eigenvalue weighted by atomic mass is 9.91. The second kappa shape index (κ2) is 4.56. The van der Waals surface area contributed by atoms with Crippen LogP contribution in [0.3, 0.4) is 0 Å². The van der Waals surface area contributed by atoms with Gasteiger partial charge in [0.1, 0.15) is 0 Å². The summed E-state index contributed by atoms with van der Waals surface area (Å²) in [4.78, 5) is 0. The van der Waals surface area contributed by atoms with Crippen LogP contribution in [-0.2, 0) is 18.4 Å². The maximum Gasteiger partial charge on any atom is 0.0914 e. The molecule has 0 heterocycles. The van der Waals surface area contributed by atoms with Crippen molar-refractivity contribution in [2.24, 2.45) is 0 Å². The molecule has 1 aliphatic rings. The first-order valence-corrected chi connectivity index (χ1v) is 6.19. The predicted octanol–water partition coefficient (Wildman–Crippen LogP) is 1.99. The highest BCUT2D eigenvalue weighted by atomic mass is 16.3. The lowest BCUT2D eigenvalue weighted by molar-refractivity contribution is 0.0302. The molecule has 1 aromatic carbocycles. The molecular formula is C14H21NO. The van der Waals surface area contributed by atoms with E-state index in [-0.39, 0.29) is 0 Å². The molecule has 1 atom stereocenters. The fraction of sp³-hybridized carbons (Fsp3) is 0.571. The van der Waals surface area contributed by atoms with Gasteiger partial charge in [0.25, 0.3) is 0 Å². The number of aryl methyl sites for hydroxylation is 2. The quantitative estimate of drug-likeness (QED) is 0.811. The molecule has 1 aliphatic carbocycles. The highest BCUT2D eigenvalue weighted by Crippen LogP contribution is 2.39. The molecular weight excluding hydrogens is 198 g/mol. The van der Waals surface area contributed by atoms with Crippen LogP contribution in [-0.4, -0.2) is 18.7 Å². The number of nitrogens with one attached hydrogen (secondary N) is 1. The summed E-state index contributed by atoms with van der Waals surface area (Å²) in [7, 11) is 1.93. The summed E-state index contributed by atoms with van der Waals surface area (Å²) in [5.41, 5.74) is 3.23. The zero-order valence-electron chi connectivity index (χ0n) is 10.2. The number of benzene rings is 1. The zero-order chi connectivity index (χ0) is 11.6. The molecule has 88 valence electrons. The molecule has 0 saturated carbocycles. The molecule has 2 heteroatoms. The molecule has 2 rings (SSSR count). The maximum absolute atomic E-state index is 10.7. The Morgan fingerprint density at radius 1 is 1.44 bits per heavy atom. The van der Waals surface area contributed by atoms with E-state index in [1.54, 1.807) is 0 Å². The third-order valence-electron chi connectivity index (χ3n) is 3.68. The topological polar surface area (TPSA) is 32.3 Å². The number of hydrogen-bond acceptors (Lipinski definition) is 2. The van der Waals surface area contributed by atoms with Crippen LogP contribution < -0.4 is 5.32 Å². The molecule has 2 N–H and O–H groups in total. The van der Waals surface area contributed by atoms with Gasteiger partial charge in [-0.2, -0.15) is 0 Å². The van der Waals surface area contributed by atoms with Gasteiger partial charge in [0.2, 0.25) is 0 Å². The Hall–Kier alpha value is -0.860. The molecule has 0 saturated heterocycles. The maximum atomic E-state index is 10.7. The molecule has 1 unspecified atom stereocenters. The van der Waals surface area contributed by atoms with Gasteiger partial charge in [0.05, 0.1) is 5.60 Å². The van der Waals surface area contributed by atoms with Crippen molar-refractivity contribution in [1.29, 1.82) is 0 Å². The van der Waals surface area contributed by atoms with Gasteiger partial charge in [-0.3, -0.25) is 0 Å². The molecule has 0 fully saturated rings. The van der Waals surface area contributed by atoms with Crippen molar-refractivity contribution >= 4 is 0 Å². The Labute approximate surface area is 97.7 Å². The van der Waals surface area contributed by atoms with Crippen molar-refractivity contribution in [2.75, 3.05) is 13.6 Å². The number of aliphatic hydroxyl groups is 1. The molecule has 0 amide bonds. The van der Waals surface area contributed by atoms with Crippen LogP contribution in [0, 0.1) is 0 Å². The molecule has 0 aliphatic heterocycles. The van der Waals surface area contributed by atoms with Crippen molar-refractivity contribution < 1.29 is 5.11 Å². The molecule has 0 aromatic heterocycles. The van der Waals surface area contributed by atoms with Crippen LogP contribution in [0.2, 0.25) is 0 Å². The first-order valence-electron chi connectivity index (χ1n) is 6.19. The summed E-state index contributed by atoms with van der Waals surface area (Å²) in [5.74, 6) is 0. The Kier molecular flexibility index (Phi) is 3.31. The second-order valence-electron chi connectivity index (χ2n) is 4.73. The predicted molar refractivity (Wildman–Crippen MR) is 66.6 cm³/mol. The summed E-state index contributed by atoms with van der Waals surface area (Å²) in [6.45, 7) is 3.02. The first-order chi connectivity index (χ1) is 7.69. The first kappa shape index (κ1) is 11.6. The molecule has 2 nitrogen and oxygen atoms in total. The standard InChI is InChI=1S/C14H21NO/c1-3-11-4-5-12-6-7-14(16,8-9-15-2)13(12)10-11/h4-5,10,15-16H,3,6-9H2,1-2H3. The van der Waals surface area contributed by atoms with Crippen LogP contribution >= 0.6 is 0 Å². The molecule has 16 heavy (non-hydrogen) atoms. The van der Waals surface area contributed by atoms with Crippen molar-refractivity contribution in [3.05, 3.63) is 34.9 Å². The normalized spacial score (nSPS) is 23.4. The fourth-order valence-corrected chi connectivity index (χ4v) is 2.56. The summed E-state index contributed by atoms with van der Waals surface area (Å²) in [6.07, 6.45) is 3.73. The van der Waals surface area contributed by atoms with E-state index in [4.69, 9.17) is 0 Å². The minimum absolute atomic E-state index is 0.594. The molecule has 1 aromatic rings. The fourth-order valence-electron chi connectivity index (χ4n) is 2.56. The SMILES string of the molecule is CCc1ccc2c(c1)C(O)(CCNC)CC2. The third kappa shape index (κ3) is 2.00. The Balaban J connectivity index is 2.29. The van der Waals surface area contributed by atoms with Crippen LogP contribution in [0.1, 0.15) is 36.5 Å². The van der Waals surface area contributed by atoms with E-state index in [2.05, 4.69) is 30.4 Å². The summed E-state index contributed by atoms with van der Waals surface area (Å²) in [6, 6.07) is 6.56. The van der Waals surface area contributed by atoms with E-state index < -0.39 is 5.60 Å². The Morgan fingerprint density at radius 3 is 2.94 bits per heavy atom. The van der Waals surface area contributed by atoms with Crippen LogP contribution in [0.4, 0.5) is 0 Å². The van der Waals surface area contributed by atoms with Gasteiger partial charge < -0.3 is 10.4 Å². The van der Waals surface area contributed by atoms with E-state index in [9.17, 15) is 5.11 Å². The number of hydrogen-bond donors (Lipinski definition) is 2. The monoisotopic (exact) mass is 219 g/mol.